The predicted octanol–water partition coefficient (Wildman–Crippen LogP) is 3.81. The van der Waals surface area contributed by atoms with Crippen molar-refractivity contribution in [2.75, 3.05) is 0 Å². The van der Waals surface area contributed by atoms with E-state index < -0.39 is 0 Å². The molecule has 25 heavy (non-hydrogen) atoms. The molecule has 0 radical (unpaired) electrons. The highest BCUT2D eigenvalue weighted by Gasteiger charge is 2.18. The van der Waals surface area contributed by atoms with Crippen LogP contribution in [0.2, 0.25) is 0 Å². The highest BCUT2D eigenvalue weighted by molar-refractivity contribution is 8.00. The van der Waals surface area contributed by atoms with Crippen LogP contribution < -0.4 is 0 Å². The van der Waals surface area contributed by atoms with Crippen LogP contribution in [0.15, 0.2) is 47.6 Å². The molecule has 1 aromatic heterocycles. The molecule has 0 bridgehead atoms. The highest BCUT2D eigenvalue weighted by atomic mass is 32.2. The number of aromatic nitrogens is 4. The third-order valence-electron chi connectivity index (χ3n) is 4.03. The Labute approximate surface area is 151 Å². The van der Waals surface area contributed by atoms with Crippen molar-refractivity contribution in [1.29, 1.82) is 5.26 Å². The number of rotatable bonds is 5. The molecule has 0 unspecified atom stereocenters. The van der Waals surface area contributed by atoms with Crippen LogP contribution in [0.3, 0.4) is 0 Å². The molecule has 1 atom stereocenters. The number of nitrogens with zero attached hydrogens (tertiary/aromatic N) is 5. The van der Waals surface area contributed by atoms with E-state index >= 15 is 0 Å². The zero-order valence-corrected chi connectivity index (χ0v) is 15.3. The average Bonchev–Trinajstić information content (AvgIpc) is 3.04. The maximum Gasteiger partial charge on any atom is 0.215 e. The van der Waals surface area contributed by atoms with E-state index in [2.05, 4.69) is 52.8 Å². The monoisotopic (exact) mass is 349 g/mol. The first kappa shape index (κ1) is 17.2. The molecule has 5 nitrogen and oxygen atoms in total. The van der Waals surface area contributed by atoms with Gasteiger partial charge in [0.05, 0.1) is 11.8 Å². The Morgan fingerprint density at radius 2 is 1.76 bits per heavy atom. The second-order valence-electron chi connectivity index (χ2n) is 6.04. The first-order valence-electron chi connectivity index (χ1n) is 8.05. The van der Waals surface area contributed by atoms with E-state index in [0.29, 0.717) is 11.6 Å². The molecule has 126 valence electrons. The Morgan fingerprint density at radius 3 is 2.40 bits per heavy atom. The van der Waals surface area contributed by atoms with Crippen LogP contribution in [0.5, 0.6) is 0 Å². The van der Waals surface area contributed by atoms with Gasteiger partial charge in [-0.05, 0) is 54.3 Å². The zero-order chi connectivity index (χ0) is 17.8. The van der Waals surface area contributed by atoms with Gasteiger partial charge in [-0.25, -0.2) is 0 Å². The third kappa shape index (κ3) is 3.89. The summed E-state index contributed by atoms with van der Waals surface area (Å²) in [5, 5.41) is 22.0. The average molecular weight is 349 g/mol. The largest absolute Gasteiger partial charge is 0.215 e. The number of tetrazole rings is 1. The molecule has 0 amide bonds. The normalized spacial score (nSPS) is 11.9. The fraction of sp³-hybridized carbons (Fsp3) is 0.263. The van der Waals surface area contributed by atoms with Gasteiger partial charge in [0.1, 0.15) is 5.25 Å². The number of aryl methyl sites for hydroxylation is 3. The molecule has 6 heteroatoms. The minimum absolute atomic E-state index is 0.253. The van der Waals surface area contributed by atoms with Crippen molar-refractivity contribution in [3.05, 3.63) is 64.7 Å². The summed E-state index contributed by atoms with van der Waals surface area (Å²) >= 11 is 1.40. The number of thioether (sulfide) groups is 1. The highest BCUT2D eigenvalue weighted by Crippen LogP contribution is 2.27. The van der Waals surface area contributed by atoms with Gasteiger partial charge in [-0.3, -0.25) is 0 Å². The second kappa shape index (κ2) is 7.49. The molecule has 0 aliphatic carbocycles. The molecule has 1 heterocycles. The summed E-state index contributed by atoms with van der Waals surface area (Å²) in [5.41, 5.74) is 5.52. The van der Waals surface area contributed by atoms with Crippen LogP contribution in [0.25, 0.3) is 5.69 Å². The molecule has 0 N–H and O–H groups in total. The van der Waals surface area contributed by atoms with E-state index in [1.807, 2.05) is 32.0 Å². The van der Waals surface area contributed by atoms with Crippen LogP contribution in [-0.2, 0) is 6.42 Å². The fourth-order valence-electron chi connectivity index (χ4n) is 2.71. The van der Waals surface area contributed by atoms with E-state index in [1.54, 1.807) is 4.68 Å². The second-order valence-corrected chi connectivity index (χ2v) is 7.21. The molecular formula is C19H19N5S. The van der Waals surface area contributed by atoms with Gasteiger partial charge in [0.2, 0.25) is 5.16 Å². The molecular weight excluding hydrogens is 330 g/mol. The lowest BCUT2D eigenvalue weighted by Gasteiger charge is -2.12. The first-order valence-corrected chi connectivity index (χ1v) is 8.93. The minimum Gasteiger partial charge on any atom is -0.197 e. The lowest BCUT2D eigenvalue weighted by atomic mass is 10.1. The van der Waals surface area contributed by atoms with E-state index in [4.69, 9.17) is 0 Å². The number of hydrogen-bond acceptors (Lipinski definition) is 5. The molecule has 0 saturated heterocycles. The number of benzene rings is 2. The Bertz CT molecular complexity index is 888. The quantitative estimate of drug-likeness (QED) is 0.655. The molecule has 3 aromatic rings. The van der Waals surface area contributed by atoms with Crippen LogP contribution in [0.4, 0.5) is 0 Å². The van der Waals surface area contributed by atoms with Crippen molar-refractivity contribution in [3.63, 3.8) is 0 Å². The summed E-state index contributed by atoms with van der Waals surface area (Å²) in [6.07, 6.45) is 0.654. The number of para-hydroxylation sites is 1. The van der Waals surface area contributed by atoms with Crippen LogP contribution in [-0.4, -0.2) is 25.5 Å². The molecule has 2 aromatic carbocycles. The molecule has 0 spiro atoms. The molecule has 3 rings (SSSR count). The topological polar surface area (TPSA) is 67.4 Å². The third-order valence-corrected chi connectivity index (χ3v) is 5.05. The van der Waals surface area contributed by atoms with Crippen LogP contribution >= 0.6 is 11.8 Å². The predicted molar refractivity (Wildman–Crippen MR) is 98.8 cm³/mol. The van der Waals surface area contributed by atoms with Gasteiger partial charge in [-0.1, -0.05) is 59.8 Å². The maximum absolute atomic E-state index is 9.56. The smallest absolute Gasteiger partial charge is 0.197 e. The van der Waals surface area contributed by atoms with E-state index in [9.17, 15) is 5.26 Å². The van der Waals surface area contributed by atoms with Crippen LogP contribution in [0.1, 0.15) is 22.3 Å². The Hall–Kier alpha value is -2.65. The lowest BCUT2D eigenvalue weighted by molar-refractivity contribution is 0.746. The first-order chi connectivity index (χ1) is 12.1. The number of hydrogen-bond donors (Lipinski definition) is 0. The molecule has 0 aliphatic rings. The zero-order valence-electron chi connectivity index (χ0n) is 14.5. The van der Waals surface area contributed by atoms with Crippen molar-refractivity contribution < 1.29 is 0 Å². The van der Waals surface area contributed by atoms with E-state index in [0.717, 1.165) is 22.4 Å². The molecule has 0 fully saturated rings. The summed E-state index contributed by atoms with van der Waals surface area (Å²) in [6.45, 7) is 6.12. The van der Waals surface area contributed by atoms with Crippen molar-refractivity contribution in [2.45, 2.75) is 37.6 Å². The van der Waals surface area contributed by atoms with Gasteiger partial charge in [0.15, 0.2) is 0 Å². The van der Waals surface area contributed by atoms with Crippen molar-refractivity contribution in [2.24, 2.45) is 0 Å². The molecule has 0 saturated carbocycles. The van der Waals surface area contributed by atoms with Crippen molar-refractivity contribution in [1.82, 2.24) is 20.2 Å². The standard InChI is InChI=1S/C19H19N5S/c1-13-7-9-16(10-8-13)11-17(12-20)25-19-21-22-23-24(19)18-14(2)5-4-6-15(18)3/h4-10,17H,11H2,1-3H3/t17-/m0/s1. The molecule has 0 aliphatic heterocycles. The van der Waals surface area contributed by atoms with Gasteiger partial charge in [-0.2, -0.15) is 9.94 Å². The SMILES string of the molecule is Cc1ccc(C[C@@H](C#N)Sc2nnnn2-c2c(C)cccc2C)cc1. The summed E-state index contributed by atoms with van der Waals surface area (Å²) in [6, 6.07) is 16.7. The van der Waals surface area contributed by atoms with Gasteiger partial charge in [0, 0.05) is 0 Å². The summed E-state index contributed by atoms with van der Waals surface area (Å²) < 4.78 is 1.73. The van der Waals surface area contributed by atoms with Crippen LogP contribution in [0, 0.1) is 32.1 Å². The van der Waals surface area contributed by atoms with E-state index in [1.165, 1.54) is 17.3 Å². The summed E-state index contributed by atoms with van der Waals surface area (Å²) in [4.78, 5) is 0. The fourth-order valence-corrected chi connectivity index (χ4v) is 3.61. The summed E-state index contributed by atoms with van der Waals surface area (Å²) in [5.74, 6) is 0. The van der Waals surface area contributed by atoms with Gasteiger partial charge in [0.25, 0.3) is 0 Å². The number of nitriles is 1. The van der Waals surface area contributed by atoms with Crippen molar-refractivity contribution in [3.8, 4) is 11.8 Å². The van der Waals surface area contributed by atoms with Gasteiger partial charge >= 0.3 is 0 Å². The Morgan fingerprint density at radius 1 is 1.08 bits per heavy atom. The lowest BCUT2D eigenvalue weighted by Crippen LogP contribution is -2.09. The maximum atomic E-state index is 9.56. The minimum atomic E-state index is -0.253. The summed E-state index contributed by atoms with van der Waals surface area (Å²) in [7, 11) is 0. The van der Waals surface area contributed by atoms with E-state index in [-0.39, 0.29) is 5.25 Å². The van der Waals surface area contributed by atoms with Gasteiger partial charge in [-0.15, -0.1) is 5.10 Å². The van der Waals surface area contributed by atoms with Gasteiger partial charge < -0.3 is 0 Å². The Kier molecular flexibility index (Phi) is 5.15. The Balaban J connectivity index is 1.85. The van der Waals surface area contributed by atoms with Crippen molar-refractivity contribution >= 4 is 11.8 Å².